The summed E-state index contributed by atoms with van der Waals surface area (Å²) in [6.45, 7) is 1.94. The maximum atomic E-state index is 13.8. The largest absolute Gasteiger partial charge is 0.391 e. The van der Waals surface area contributed by atoms with E-state index >= 15 is 0 Å². The maximum Gasteiger partial charge on any atom is 0.391 e. The van der Waals surface area contributed by atoms with Crippen LogP contribution in [0.15, 0.2) is 0 Å². The summed E-state index contributed by atoms with van der Waals surface area (Å²) in [5.41, 5.74) is -1.03. The SMILES string of the molecule is CCCC[Si]([C@@H]1CCC[C@H](C(F)(F)F)C1)([C@@H]1CCC[C@H](C(F)(F)F)C1)[C@H]1CCC[C@@H](C(F)(F)F)C1. The van der Waals surface area contributed by atoms with Crippen molar-refractivity contribution in [1.29, 1.82) is 0 Å². The van der Waals surface area contributed by atoms with Gasteiger partial charge in [0, 0.05) is 0 Å². The van der Waals surface area contributed by atoms with Gasteiger partial charge in [-0.3, -0.25) is 0 Å². The van der Waals surface area contributed by atoms with Crippen molar-refractivity contribution in [1.82, 2.24) is 0 Å². The summed E-state index contributed by atoms with van der Waals surface area (Å²) in [5.74, 6) is -4.46. The first-order chi connectivity index (χ1) is 16.2. The van der Waals surface area contributed by atoms with Gasteiger partial charge in [0.1, 0.15) is 0 Å². The average Bonchev–Trinajstić information content (AvgIpc) is 2.79. The van der Waals surface area contributed by atoms with E-state index in [0.29, 0.717) is 51.0 Å². The van der Waals surface area contributed by atoms with Crippen molar-refractivity contribution in [3.05, 3.63) is 0 Å². The predicted octanol–water partition coefficient (Wildman–Crippen LogP) is 10.6. The topological polar surface area (TPSA) is 0 Å². The molecule has 3 fully saturated rings. The van der Waals surface area contributed by atoms with E-state index < -0.39 is 44.4 Å². The van der Waals surface area contributed by atoms with E-state index in [1.165, 1.54) is 0 Å². The summed E-state index contributed by atoms with van der Waals surface area (Å²) in [4.78, 5) is 0. The maximum absolute atomic E-state index is 13.8. The molecule has 0 saturated heterocycles. The molecule has 0 aliphatic heterocycles. The molecule has 0 heterocycles. The van der Waals surface area contributed by atoms with Crippen LogP contribution < -0.4 is 0 Å². The van der Waals surface area contributed by atoms with Crippen LogP contribution in [0.1, 0.15) is 96.8 Å². The number of rotatable bonds is 6. The summed E-state index contributed by atoms with van der Waals surface area (Å²) in [5, 5.41) is 0. The molecule has 35 heavy (non-hydrogen) atoms. The summed E-state index contributed by atoms with van der Waals surface area (Å²) in [6, 6.07) is 0.573. The predicted molar refractivity (Wildman–Crippen MR) is 121 cm³/mol. The zero-order valence-electron chi connectivity index (χ0n) is 20.5. The fourth-order valence-electron chi connectivity index (χ4n) is 8.02. The van der Waals surface area contributed by atoms with Gasteiger partial charge in [-0.15, -0.1) is 0 Å². The Labute approximate surface area is 203 Å². The Bertz CT molecular complexity index is 586. The highest BCUT2D eigenvalue weighted by Gasteiger charge is 2.59. The van der Waals surface area contributed by atoms with Crippen LogP contribution in [0.25, 0.3) is 0 Å². The van der Waals surface area contributed by atoms with Crippen LogP contribution in [0.5, 0.6) is 0 Å². The molecule has 10 heteroatoms. The highest BCUT2D eigenvalue weighted by Crippen LogP contribution is 2.63. The molecule has 0 unspecified atom stereocenters. The lowest BCUT2D eigenvalue weighted by molar-refractivity contribution is -0.182. The third-order valence-electron chi connectivity index (χ3n) is 9.65. The van der Waals surface area contributed by atoms with Gasteiger partial charge in [0.15, 0.2) is 0 Å². The van der Waals surface area contributed by atoms with Crippen molar-refractivity contribution in [2.24, 2.45) is 17.8 Å². The monoisotopic (exact) mass is 538 g/mol. The fraction of sp³-hybridized carbons (Fsp3) is 1.00. The molecule has 0 N–H and O–H groups in total. The molecule has 0 aromatic rings. The third kappa shape index (κ3) is 6.73. The average molecular weight is 539 g/mol. The van der Waals surface area contributed by atoms with Gasteiger partial charge in [-0.25, -0.2) is 0 Å². The van der Waals surface area contributed by atoms with Gasteiger partial charge in [-0.05, 0) is 55.1 Å². The van der Waals surface area contributed by atoms with Crippen molar-refractivity contribution in [2.45, 2.75) is 138 Å². The first-order valence-corrected chi connectivity index (χ1v) is 15.8. The van der Waals surface area contributed by atoms with E-state index in [9.17, 15) is 39.5 Å². The summed E-state index contributed by atoms with van der Waals surface area (Å²) in [6.07, 6.45) is -9.24. The van der Waals surface area contributed by atoms with Crippen LogP contribution >= 0.6 is 0 Å². The third-order valence-corrected chi connectivity index (χ3v) is 17.0. The summed E-state index contributed by atoms with van der Waals surface area (Å²) < 4.78 is 124. The van der Waals surface area contributed by atoms with E-state index in [2.05, 4.69) is 0 Å². The molecule has 0 amide bonds. The number of unbranched alkanes of at least 4 members (excludes halogenated alkanes) is 1. The van der Waals surface area contributed by atoms with E-state index in [0.717, 1.165) is 6.42 Å². The fourth-order valence-corrected chi connectivity index (χ4v) is 16.6. The number of halogens is 9. The number of hydrogen-bond donors (Lipinski definition) is 0. The summed E-state index contributed by atoms with van der Waals surface area (Å²) in [7, 11) is -2.98. The Hall–Kier alpha value is -0.413. The van der Waals surface area contributed by atoms with Gasteiger partial charge in [-0.1, -0.05) is 64.3 Å². The molecule has 206 valence electrons. The second-order valence-electron chi connectivity index (χ2n) is 11.5. The Morgan fingerprint density at radius 2 is 0.857 bits per heavy atom. The van der Waals surface area contributed by atoms with Gasteiger partial charge in [0.05, 0.1) is 25.8 Å². The molecule has 0 aromatic carbocycles. The lowest BCUT2D eigenvalue weighted by atomic mass is 9.87. The number of hydrogen-bond acceptors (Lipinski definition) is 0. The minimum absolute atomic E-state index is 0.0178. The zero-order valence-corrected chi connectivity index (χ0v) is 21.5. The van der Waals surface area contributed by atoms with Crippen molar-refractivity contribution in [2.75, 3.05) is 0 Å². The van der Waals surface area contributed by atoms with Gasteiger partial charge in [0.25, 0.3) is 0 Å². The van der Waals surface area contributed by atoms with Crippen LogP contribution in [-0.2, 0) is 0 Å². The molecule has 3 saturated carbocycles. The number of alkyl halides is 9. The highest BCUT2D eigenvalue weighted by molar-refractivity contribution is 6.84. The minimum Gasteiger partial charge on any atom is -0.171 e. The molecule has 3 rings (SSSR count). The van der Waals surface area contributed by atoms with E-state index in [1.54, 1.807) is 0 Å². The van der Waals surface area contributed by atoms with Crippen LogP contribution in [0.3, 0.4) is 0 Å². The van der Waals surface area contributed by atoms with Crippen LogP contribution in [-0.4, -0.2) is 26.6 Å². The molecule has 0 bridgehead atoms. The van der Waals surface area contributed by atoms with Gasteiger partial charge in [0.2, 0.25) is 0 Å². The minimum atomic E-state index is -4.37. The quantitative estimate of drug-likeness (QED) is 0.233. The Kier molecular flexibility index (Phi) is 9.28. The normalized spacial score (nSPS) is 34.1. The van der Waals surface area contributed by atoms with Gasteiger partial charge in [-0.2, -0.15) is 39.5 Å². The highest BCUT2D eigenvalue weighted by atomic mass is 28.3. The smallest absolute Gasteiger partial charge is 0.171 e. The van der Waals surface area contributed by atoms with Crippen molar-refractivity contribution >= 4 is 8.07 Å². The van der Waals surface area contributed by atoms with E-state index in [-0.39, 0.29) is 55.1 Å². The van der Waals surface area contributed by atoms with Crippen LogP contribution in [0, 0.1) is 17.8 Å². The molecule has 0 radical (unpaired) electrons. The zero-order chi connectivity index (χ0) is 26.1. The van der Waals surface area contributed by atoms with Gasteiger partial charge >= 0.3 is 18.5 Å². The first-order valence-electron chi connectivity index (χ1n) is 13.4. The van der Waals surface area contributed by atoms with Crippen molar-refractivity contribution in [3.8, 4) is 0 Å². The molecule has 6 atom stereocenters. The second kappa shape index (κ2) is 11.1. The van der Waals surface area contributed by atoms with E-state index in [4.69, 9.17) is 0 Å². The van der Waals surface area contributed by atoms with E-state index in [1.807, 2.05) is 6.92 Å². The molecule has 3 aliphatic carbocycles. The van der Waals surface area contributed by atoms with Crippen molar-refractivity contribution < 1.29 is 39.5 Å². The molecule has 0 spiro atoms. The Morgan fingerprint density at radius 1 is 0.543 bits per heavy atom. The first kappa shape index (κ1) is 29.1. The lowest BCUT2D eigenvalue weighted by Crippen LogP contribution is -2.54. The molecule has 0 nitrogen and oxygen atoms in total. The molecule has 0 aromatic heterocycles. The van der Waals surface area contributed by atoms with Crippen LogP contribution in [0.2, 0.25) is 22.7 Å². The Balaban J connectivity index is 2.05. The Morgan fingerprint density at radius 3 is 1.11 bits per heavy atom. The van der Waals surface area contributed by atoms with Crippen LogP contribution in [0.4, 0.5) is 39.5 Å². The van der Waals surface area contributed by atoms with Gasteiger partial charge < -0.3 is 0 Å². The standard InChI is InChI=1S/C25H39F9Si/c1-2-3-13-35(20-10-4-7-17(14-20)23(26,27)28,21-11-5-8-18(15-21)24(29,30)31)22-12-6-9-19(16-22)25(32,33)34/h17-22H,2-16H2,1H3/t17-,18-,19+,20+,21+,22-/m0/s1. The molecular formula is C25H39F9Si. The lowest BCUT2D eigenvalue weighted by Gasteiger charge is -2.56. The molecule has 3 aliphatic rings. The second-order valence-corrected chi connectivity index (χ2v) is 16.7. The summed E-state index contributed by atoms with van der Waals surface area (Å²) >= 11 is 0. The molecular weight excluding hydrogens is 499 g/mol. The van der Waals surface area contributed by atoms with Crippen molar-refractivity contribution in [3.63, 3.8) is 0 Å².